The van der Waals surface area contributed by atoms with Crippen LogP contribution in [-0.2, 0) is 0 Å². The minimum atomic E-state index is -2.90. The Hall–Kier alpha value is -2.44. The first-order valence-electron chi connectivity index (χ1n) is 4.93. The molecule has 1 heterocycles. The average Bonchev–Trinajstić information content (AvgIpc) is 2.30. The molecule has 94 valence electrons. The maximum Gasteiger partial charge on any atom is 0.387 e. The van der Waals surface area contributed by atoms with Gasteiger partial charge in [0, 0.05) is 12.3 Å². The van der Waals surface area contributed by atoms with Crippen LogP contribution in [0, 0.1) is 0 Å². The topological polar surface area (TPSA) is 64.1 Å². The number of halogens is 2. The van der Waals surface area contributed by atoms with Crippen LogP contribution in [-0.4, -0.2) is 16.2 Å². The van der Waals surface area contributed by atoms with Crippen molar-refractivity contribution in [3.05, 3.63) is 57.4 Å². The maximum atomic E-state index is 11.9. The molecule has 0 aliphatic heterocycles. The highest BCUT2D eigenvalue weighted by Gasteiger charge is 2.05. The molecule has 18 heavy (non-hydrogen) atoms. The van der Waals surface area contributed by atoms with Crippen molar-refractivity contribution in [1.82, 2.24) is 9.55 Å². The molecule has 1 N–H and O–H groups in total. The molecule has 0 amide bonds. The molecular formula is C11H8F2N2O3. The molecule has 0 aliphatic carbocycles. The Morgan fingerprint density at radius 2 is 1.78 bits per heavy atom. The minimum Gasteiger partial charge on any atom is -0.435 e. The van der Waals surface area contributed by atoms with Gasteiger partial charge in [0.1, 0.15) is 5.75 Å². The Bertz CT molecular complexity index is 646. The fourth-order valence-electron chi connectivity index (χ4n) is 1.41. The standard InChI is InChI=1S/C11H8F2N2O3/c12-10(13)18-8-3-1-7(2-4-8)15-6-5-9(16)14-11(15)17/h1-6,10H,(H,14,16,17). The van der Waals surface area contributed by atoms with E-state index in [1.807, 2.05) is 0 Å². The molecular weight excluding hydrogens is 246 g/mol. The third-order valence-corrected chi connectivity index (χ3v) is 2.16. The van der Waals surface area contributed by atoms with Crippen LogP contribution >= 0.6 is 0 Å². The molecule has 7 heteroatoms. The first-order valence-corrected chi connectivity index (χ1v) is 4.93. The second-order valence-electron chi connectivity index (χ2n) is 3.35. The smallest absolute Gasteiger partial charge is 0.387 e. The predicted molar refractivity (Wildman–Crippen MR) is 59.3 cm³/mol. The van der Waals surface area contributed by atoms with E-state index in [9.17, 15) is 18.4 Å². The van der Waals surface area contributed by atoms with Crippen LogP contribution in [0.3, 0.4) is 0 Å². The quantitative estimate of drug-likeness (QED) is 0.892. The van der Waals surface area contributed by atoms with Gasteiger partial charge >= 0.3 is 12.3 Å². The van der Waals surface area contributed by atoms with Crippen LogP contribution in [0.15, 0.2) is 46.1 Å². The van der Waals surface area contributed by atoms with E-state index in [0.29, 0.717) is 5.69 Å². The van der Waals surface area contributed by atoms with Crippen LogP contribution in [0.1, 0.15) is 0 Å². The number of aromatic amines is 1. The van der Waals surface area contributed by atoms with Gasteiger partial charge < -0.3 is 4.74 Å². The molecule has 1 aromatic heterocycles. The molecule has 0 saturated carbocycles. The van der Waals surface area contributed by atoms with E-state index in [-0.39, 0.29) is 5.75 Å². The average molecular weight is 254 g/mol. The summed E-state index contributed by atoms with van der Waals surface area (Å²) >= 11 is 0. The molecule has 0 radical (unpaired) electrons. The van der Waals surface area contributed by atoms with Crippen LogP contribution in [0.2, 0.25) is 0 Å². The third-order valence-electron chi connectivity index (χ3n) is 2.16. The summed E-state index contributed by atoms with van der Waals surface area (Å²) < 4.78 is 29.2. The molecule has 0 spiro atoms. The number of aromatic nitrogens is 2. The monoisotopic (exact) mass is 254 g/mol. The lowest BCUT2D eigenvalue weighted by Crippen LogP contribution is -2.27. The zero-order valence-electron chi connectivity index (χ0n) is 8.97. The van der Waals surface area contributed by atoms with Gasteiger partial charge in [-0.05, 0) is 24.3 Å². The first kappa shape index (κ1) is 12.0. The number of alkyl halides is 2. The molecule has 0 aliphatic rings. The highest BCUT2D eigenvalue weighted by Crippen LogP contribution is 2.16. The fraction of sp³-hybridized carbons (Fsp3) is 0.0909. The number of hydrogen-bond donors (Lipinski definition) is 1. The lowest BCUT2D eigenvalue weighted by atomic mass is 10.3. The van der Waals surface area contributed by atoms with Gasteiger partial charge in [0.05, 0.1) is 5.69 Å². The normalized spacial score (nSPS) is 10.6. The van der Waals surface area contributed by atoms with Gasteiger partial charge in [-0.3, -0.25) is 14.3 Å². The number of rotatable bonds is 3. The molecule has 0 bridgehead atoms. The van der Waals surface area contributed by atoms with Crippen molar-refractivity contribution in [2.24, 2.45) is 0 Å². The van der Waals surface area contributed by atoms with E-state index in [1.165, 1.54) is 41.1 Å². The minimum absolute atomic E-state index is 0.00813. The van der Waals surface area contributed by atoms with Crippen molar-refractivity contribution in [1.29, 1.82) is 0 Å². The van der Waals surface area contributed by atoms with Gasteiger partial charge in [-0.15, -0.1) is 0 Å². The van der Waals surface area contributed by atoms with Crippen LogP contribution < -0.4 is 16.0 Å². The van der Waals surface area contributed by atoms with Gasteiger partial charge in [0.25, 0.3) is 5.56 Å². The molecule has 5 nitrogen and oxygen atoms in total. The molecule has 2 rings (SSSR count). The zero-order chi connectivity index (χ0) is 13.1. The summed E-state index contributed by atoms with van der Waals surface area (Å²) in [7, 11) is 0. The Labute approximate surface area is 99.3 Å². The Balaban J connectivity index is 2.34. The van der Waals surface area contributed by atoms with E-state index < -0.39 is 17.9 Å². The summed E-state index contributed by atoms with van der Waals surface area (Å²) in [6, 6.07) is 6.65. The molecule has 0 unspecified atom stereocenters. The highest BCUT2D eigenvalue weighted by molar-refractivity contribution is 5.37. The van der Waals surface area contributed by atoms with Crippen LogP contribution in [0.4, 0.5) is 8.78 Å². The summed E-state index contributed by atoms with van der Waals surface area (Å²) in [6.07, 6.45) is 1.30. The van der Waals surface area contributed by atoms with Crippen molar-refractivity contribution in [2.75, 3.05) is 0 Å². The van der Waals surface area contributed by atoms with E-state index >= 15 is 0 Å². The van der Waals surface area contributed by atoms with Gasteiger partial charge in [-0.1, -0.05) is 0 Å². The number of benzene rings is 1. The van der Waals surface area contributed by atoms with Crippen molar-refractivity contribution in [3.63, 3.8) is 0 Å². The van der Waals surface area contributed by atoms with E-state index in [0.717, 1.165) is 0 Å². The molecule has 0 fully saturated rings. The number of H-pyrrole nitrogens is 1. The summed E-state index contributed by atoms with van der Waals surface area (Å²) in [5, 5.41) is 0. The number of ether oxygens (including phenoxy) is 1. The van der Waals surface area contributed by atoms with E-state index in [1.54, 1.807) is 0 Å². The zero-order valence-corrected chi connectivity index (χ0v) is 8.97. The Morgan fingerprint density at radius 3 is 2.33 bits per heavy atom. The van der Waals surface area contributed by atoms with Gasteiger partial charge in [0.2, 0.25) is 0 Å². The van der Waals surface area contributed by atoms with Gasteiger partial charge in [-0.25, -0.2) is 4.79 Å². The number of hydrogen-bond acceptors (Lipinski definition) is 3. The molecule has 2 aromatic rings. The first-order chi connectivity index (χ1) is 8.56. The van der Waals surface area contributed by atoms with E-state index in [4.69, 9.17) is 0 Å². The summed E-state index contributed by atoms with van der Waals surface area (Å²) in [4.78, 5) is 24.4. The second kappa shape index (κ2) is 4.82. The highest BCUT2D eigenvalue weighted by atomic mass is 19.3. The van der Waals surface area contributed by atoms with Crippen LogP contribution in [0.25, 0.3) is 5.69 Å². The maximum absolute atomic E-state index is 11.9. The summed E-state index contributed by atoms with van der Waals surface area (Å²) in [5.74, 6) is -0.00813. The van der Waals surface area contributed by atoms with Crippen molar-refractivity contribution < 1.29 is 13.5 Å². The van der Waals surface area contributed by atoms with E-state index in [2.05, 4.69) is 9.72 Å². The molecule has 1 aromatic carbocycles. The van der Waals surface area contributed by atoms with Gasteiger partial charge in [-0.2, -0.15) is 8.78 Å². The Morgan fingerprint density at radius 1 is 1.11 bits per heavy atom. The SMILES string of the molecule is O=c1ccn(-c2ccc(OC(F)F)cc2)c(=O)[nH]1. The van der Waals surface area contributed by atoms with Gasteiger partial charge in [0.15, 0.2) is 0 Å². The fourth-order valence-corrected chi connectivity index (χ4v) is 1.41. The molecule has 0 saturated heterocycles. The summed E-state index contributed by atoms with van der Waals surface area (Å²) in [6.45, 7) is -2.90. The lowest BCUT2D eigenvalue weighted by Gasteiger charge is -2.07. The Kier molecular flexibility index (Phi) is 3.22. The number of nitrogens with one attached hydrogen (secondary N) is 1. The van der Waals surface area contributed by atoms with Crippen LogP contribution in [0.5, 0.6) is 5.75 Å². The second-order valence-corrected chi connectivity index (χ2v) is 3.35. The largest absolute Gasteiger partial charge is 0.435 e. The van der Waals surface area contributed by atoms with Crippen molar-refractivity contribution in [2.45, 2.75) is 6.61 Å². The molecule has 0 atom stereocenters. The summed E-state index contributed by atoms with van der Waals surface area (Å²) in [5.41, 5.74) is -0.684. The predicted octanol–water partition coefficient (Wildman–Crippen LogP) is 1.13. The number of nitrogens with zero attached hydrogens (tertiary/aromatic N) is 1. The van der Waals surface area contributed by atoms with Crippen molar-refractivity contribution >= 4 is 0 Å². The lowest BCUT2D eigenvalue weighted by molar-refractivity contribution is -0.0498. The van der Waals surface area contributed by atoms with Crippen molar-refractivity contribution in [3.8, 4) is 11.4 Å². The third kappa shape index (κ3) is 2.62.